The second-order valence-electron chi connectivity index (χ2n) is 16.9. The van der Waals surface area contributed by atoms with E-state index >= 15 is 0 Å². The molecule has 18 nitrogen and oxygen atoms in total. The number of nitrogens with one attached hydrogen (secondary N) is 3. The van der Waals surface area contributed by atoms with Crippen LogP contribution >= 0.6 is 0 Å². The quantitative estimate of drug-likeness (QED) is 0.0501. The molecule has 3 aliphatic heterocycles. The smallest absolute Gasteiger partial charge is 0.416 e. The number of aromatic nitrogens is 2. The third-order valence-corrected chi connectivity index (χ3v) is 11.9. The first-order valence-corrected chi connectivity index (χ1v) is 23.1. The third-order valence-electron chi connectivity index (χ3n) is 11.9. The van der Waals surface area contributed by atoms with Gasteiger partial charge in [0.1, 0.15) is 18.0 Å². The zero-order chi connectivity index (χ0) is 49.0. The van der Waals surface area contributed by atoms with Gasteiger partial charge in [-0.25, -0.2) is 9.69 Å². The van der Waals surface area contributed by atoms with Crippen molar-refractivity contribution in [1.29, 1.82) is 0 Å². The number of nitrogens with zero attached hydrogens (tertiary/aromatic N) is 5. The van der Waals surface area contributed by atoms with Gasteiger partial charge in [-0.1, -0.05) is 37.4 Å². The molecule has 3 aliphatic rings. The van der Waals surface area contributed by atoms with Gasteiger partial charge in [0.2, 0.25) is 5.91 Å². The Labute approximate surface area is 401 Å². The first kappa shape index (κ1) is 49.5. The van der Waals surface area contributed by atoms with E-state index in [4.69, 9.17) is 23.7 Å². The van der Waals surface area contributed by atoms with Crippen molar-refractivity contribution >= 4 is 53.0 Å². The molecule has 2 aromatic heterocycles. The van der Waals surface area contributed by atoms with Gasteiger partial charge in [-0.05, 0) is 87.8 Å². The van der Waals surface area contributed by atoms with Crippen molar-refractivity contribution in [3.63, 3.8) is 0 Å². The molecule has 3 N–H and O–H groups in total. The lowest BCUT2D eigenvalue weighted by molar-refractivity contribution is -0.198. The molecule has 7 rings (SSSR count). The zero-order valence-corrected chi connectivity index (χ0v) is 39.5. The SMILES string of the molecule is C=CC=N/C=C(\C)NC(=O)c1cc(-c2ccc(NC(=O)c3cc(NC(=O)CCCOc4cc5c(cc4OC)C(=O)N4CCCC[C@H]4C(OC4CCCCO4)N5C(=O)OCC=C)cn3C)cc2)cn1C. The van der Waals surface area contributed by atoms with Gasteiger partial charge in [0.25, 0.3) is 17.7 Å². The lowest BCUT2D eigenvalue weighted by Crippen LogP contribution is -2.57. The van der Waals surface area contributed by atoms with Crippen LogP contribution in [0, 0.1) is 0 Å². The summed E-state index contributed by atoms with van der Waals surface area (Å²) in [5.41, 5.74) is 4.52. The van der Waals surface area contributed by atoms with Gasteiger partial charge in [0.05, 0.1) is 36.7 Å². The average molecular weight is 945 g/mol. The number of carbonyl (C=O) groups excluding carboxylic acids is 5. The van der Waals surface area contributed by atoms with Crippen LogP contribution in [0.2, 0.25) is 0 Å². The van der Waals surface area contributed by atoms with E-state index in [1.165, 1.54) is 30.5 Å². The van der Waals surface area contributed by atoms with Crippen molar-refractivity contribution in [2.24, 2.45) is 19.1 Å². The fourth-order valence-corrected chi connectivity index (χ4v) is 8.57. The number of methoxy groups -OCH3 is 1. The third kappa shape index (κ3) is 12.0. The van der Waals surface area contributed by atoms with Crippen LogP contribution in [-0.2, 0) is 33.1 Å². The molecule has 364 valence electrons. The zero-order valence-electron chi connectivity index (χ0n) is 39.5. The normalized spacial score (nSPS) is 18.1. The van der Waals surface area contributed by atoms with Crippen molar-refractivity contribution in [3.8, 4) is 22.6 Å². The van der Waals surface area contributed by atoms with Crippen LogP contribution in [0.1, 0.15) is 89.6 Å². The number of carbonyl (C=O) groups is 5. The van der Waals surface area contributed by atoms with Crippen molar-refractivity contribution in [1.82, 2.24) is 19.4 Å². The fourth-order valence-electron chi connectivity index (χ4n) is 8.57. The number of hydrogen-bond donors (Lipinski definition) is 3. The second-order valence-corrected chi connectivity index (χ2v) is 16.9. The number of hydrogen-bond acceptors (Lipinski definition) is 11. The minimum Gasteiger partial charge on any atom is -0.493 e. The maximum absolute atomic E-state index is 14.3. The maximum atomic E-state index is 14.3. The molecular weight excluding hydrogens is 885 g/mol. The number of rotatable bonds is 18. The van der Waals surface area contributed by atoms with Crippen LogP contribution in [0.3, 0.4) is 0 Å². The molecule has 2 aromatic carbocycles. The van der Waals surface area contributed by atoms with Crippen LogP contribution in [-0.4, -0.2) is 102 Å². The molecule has 69 heavy (non-hydrogen) atoms. The molecule has 0 bridgehead atoms. The fraction of sp³-hybridized carbons (Fsp3) is 0.373. The Balaban J connectivity index is 0.966. The van der Waals surface area contributed by atoms with Crippen molar-refractivity contribution < 1.29 is 47.7 Å². The Bertz CT molecular complexity index is 2610. The van der Waals surface area contributed by atoms with E-state index < -0.39 is 24.7 Å². The predicted octanol–water partition coefficient (Wildman–Crippen LogP) is 7.94. The summed E-state index contributed by atoms with van der Waals surface area (Å²) < 4.78 is 33.4. The van der Waals surface area contributed by atoms with Crippen LogP contribution in [0.4, 0.5) is 21.9 Å². The molecule has 2 saturated heterocycles. The number of aryl methyl sites for hydroxylation is 2. The van der Waals surface area contributed by atoms with Gasteiger partial charge < -0.3 is 53.7 Å². The van der Waals surface area contributed by atoms with Crippen LogP contribution in [0.15, 0.2) is 103 Å². The Morgan fingerprint density at radius 2 is 1.65 bits per heavy atom. The molecule has 0 aliphatic carbocycles. The topological polar surface area (TPSA) is 196 Å². The highest BCUT2D eigenvalue weighted by molar-refractivity contribution is 6.06. The molecule has 3 atom stereocenters. The Kier molecular flexibility index (Phi) is 16.5. The summed E-state index contributed by atoms with van der Waals surface area (Å²) in [7, 11) is 4.97. The van der Waals surface area contributed by atoms with E-state index in [9.17, 15) is 24.0 Å². The summed E-state index contributed by atoms with van der Waals surface area (Å²) in [6, 6.07) is 13.3. The Morgan fingerprint density at radius 1 is 0.884 bits per heavy atom. The van der Waals surface area contributed by atoms with E-state index in [0.717, 1.165) is 36.8 Å². The van der Waals surface area contributed by atoms with E-state index in [1.54, 1.807) is 83.7 Å². The molecular formula is C51H60N8O10. The van der Waals surface area contributed by atoms with Crippen LogP contribution in [0.25, 0.3) is 11.1 Å². The minimum atomic E-state index is -0.906. The number of piperidine rings is 1. The molecule has 5 heterocycles. The summed E-state index contributed by atoms with van der Waals surface area (Å²) in [5.74, 6) is -0.671. The highest BCUT2D eigenvalue weighted by Gasteiger charge is 2.47. The summed E-state index contributed by atoms with van der Waals surface area (Å²) in [6.07, 6.45) is 12.5. The largest absolute Gasteiger partial charge is 0.493 e. The average Bonchev–Trinajstić information content (AvgIpc) is 3.91. The lowest BCUT2D eigenvalue weighted by Gasteiger charge is -2.42. The lowest BCUT2D eigenvalue weighted by atomic mass is 10.00. The summed E-state index contributed by atoms with van der Waals surface area (Å²) in [6.45, 7) is 10.1. The number of allylic oxidation sites excluding steroid dienone is 2. The van der Waals surface area contributed by atoms with E-state index in [1.807, 2.05) is 18.3 Å². The highest BCUT2D eigenvalue weighted by atomic mass is 16.7. The number of ether oxygens (including phenoxy) is 5. The van der Waals surface area contributed by atoms with E-state index in [0.29, 0.717) is 60.9 Å². The summed E-state index contributed by atoms with van der Waals surface area (Å²) in [5, 5.41) is 8.59. The highest BCUT2D eigenvalue weighted by Crippen LogP contribution is 2.42. The molecule has 0 saturated carbocycles. The number of anilines is 3. The summed E-state index contributed by atoms with van der Waals surface area (Å²) >= 11 is 0. The van der Waals surface area contributed by atoms with E-state index in [-0.39, 0.29) is 66.0 Å². The van der Waals surface area contributed by atoms with Crippen molar-refractivity contribution in [2.45, 2.75) is 76.9 Å². The predicted molar refractivity (Wildman–Crippen MR) is 262 cm³/mol. The number of fused-ring (bicyclic) bond motifs is 2. The van der Waals surface area contributed by atoms with Crippen LogP contribution in [0.5, 0.6) is 11.5 Å². The number of aliphatic imine (C=N–C) groups is 1. The second kappa shape index (κ2) is 23.0. The van der Waals surface area contributed by atoms with Gasteiger partial charge in [0.15, 0.2) is 24.0 Å². The molecule has 0 radical (unpaired) electrons. The number of amides is 5. The monoisotopic (exact) mass is 944 g/mol. The van der Waals surface area contributed by atoms with Gasteiger partial charge >= 0.3 is 6.09 Å². The number of benzene rings is 2. The molecule has 0 spiro atoms. The van der Waals surface area contributed by atoms with Crippen molar-refractivity contribution in [3.05, 3.63) is 115 Å². The van der Waals surface area contributed by atoms with Crippen molar-refractivity contribution in [2.75, 3.05) is 49.0 Å². The molecule has 2 fully saturated rings. The molecule has 18 heteroatoms. The molecule has 2 unspecified atom stereocenters. The molecule has 4 aromatic rings. The summed E-state index contributed by atoms with van der Waals surface area (Å²) in [4.78, 5) is 74.9. The Hall–Kier alpha value is -7.44. The van der Waals surface area contributed by atoms with Gasteiger partial charge in [-0.15, -0.1) is 0 Å². The Morgan fingerprint density at radius 3 is 2.39 bits per heavy atom. The first-order valence-electron chi connectivity index (χ1n) is 23.1. The standard InChI is InChI=1S/C51H60N8O10/c1-7-21-52-30-33(3)53-47(61)41-26-35(31-56(41)4)34-17-19-36(20-18-34)55-48(62)42-27-37(32-57(42)5)54-45(60)15-13-25-66-44-29-40-38(28-43(44)65-6)49(63)58-22-11-9-14-39(58)50(59(40)51(64)68-23-8-2)69-46-16-10-12-24-67-46/h7-8,17-21,26-32,39,46,50H,1-2,9-16,22-25H2,3-6H3,(H,53,61)(H,54,60)(H,55,62)/b33-30+,52-21?/t39-,46?,50?/m0/s1. The van der Waals surface area contributed by atoms with Gasteiger partial charge in [0, 0.05) is 81.5 Å². The minimum absolute atomic E-state index is 0.0531. The first-order chi connectivity index (χ1) is 33.4. The maximum Gasteiger partial charge on any atom is 0.416 e. The molecule has 5 amide bonds. The van der Waals surface area contributed by atoms with Gasteiger partial charge in [-0.3, -0.25) is 24.2 Å². The van der Waals surface area contributed by atoms with E-state index in [2.05, 4.69) is 34.1 Å². The van der Waals surface area contributed by atoms with Crippen LogP contribution < -0.4 is 30.3 Å². The van der Waals surface area contributed by atoms with Gasteiger partial charge in [-0.2, -0.15) is 0 Å².